The second kappa shape index (κ2) is 8.68. The third kappa shape index (κ3) is 4.83. The summed E-state index contributed by atoms with van der Waals surface area (Å²) in [5, 5.41) is 9.43. The lowest BCUT2D eigenvalue weighted by molar-refractivity contribution is 0.222. The summed E-state index contributed by atoms with van der Waals surface area (Å²) < 4.78 is 26.1. The predicted molar refractivity (Wildman–Crippen MR) is 101 cm³/mol. The van der Waals surface area contributed by atoms with Gasteiger partial charge in [-0.1, -0.05) is 18.2 Å². The maximum atomic E-state index is 14.0. The van der Waals surface area contributed by atoms with Gasteiger partial charge in [0.15, 0.2) is 11.5 Å². The van der Waals surface area contributed by atoms with E-state index in [1.54, 1.807) is 30.3 Å². The maximum absolute atomic E-state index is 14.0. The highest BCUT2D eigenvalue weighted by Gasteiger charge is 2.14. The zero-order valence-corrected chi connectivity index (χ0v) is 15.9. The van der Waals surface area contributed by atoms with Crippen molar-refractivity contribution in [1.82, 2.24) is 0 Å². The van der Waals surface area contributed by atoms with Crippen LogP contribution in [0.25, 0.3) is 11.6 Å². The Balaban J connectivity index is 2.52. The van der Waals surface area contributed by atoms with Crippen molar-refractivity contribution in [2.75, 3.05) is 6.61 Å². The molecule has 0 N–H and O–H groups in total. The highest BCUT2D eigenvalue weighted by atomic mass is 79.9. The van der Waals surface area contributed by atoms with Crippen LogP contribution in [0.15, 0.2) is 40.9 Å². The van der Waals surface area contributed by atoms with Crippen LogP contribution in [0.2, 0.25) is 0 Å². The molecule has 2 rings (SSSR count). The molecule has 0 saturated carbocycles. The molecule has 0 heterocycles. The molecule has 0 aliphatic carbocycles. The Kier molecular flexibility index (Phi) is 6.60. The van der Waals surface area contributed by atoms with E-state index in [0.29, 0.717) is 28.1 Å². The van der Waals surface area contributed by atoms with Crippen LogP contribution in [0.4, 0.5) is 4.39 Å². The van der Waals surface area contributed by atoms with E-state index in [4.69, 9.17) is 9.47 Å². The van der Waals surface area contributed by atoms with Crippen LogP contribution in [-0.4, -0.2) is 12.7 Å². The number of rotatable bonds is 6. The topological polar surface area (TPSA) is 42.2 Å². The lowest BCUT2D eigenvalue weighted by Gasteiger charge is -2.17. The van der Waals surface area contributed by atoms with Gasteiger partial charge in [0.05, 0.1) is 28.8 Å². The van der Waals surface area contributed by atoms with Crippen molar-refractivity contribution in [3.63, 3.8) is 0 Å². The summed E-state index contributed by atoms with van der Waals surface area (Å²) in [6.07, 6.45) is 1.62. The van der Waals surface area contributed by atoms with Crippen LogP contribution >= 0.6 is 15.9 Å². The van der Waals surface area contributed by atoms with Gasteiger partial charge in [0.1, 0.15) is 5.82 Å². The van der Waals surface area contributed by atoms with Crippen LogP contribution in [-0.2, 0) is 0 Å². The molecule has 0 bridgehead atoms. The van der Waals surface area contributed by atoms with Crippen LogP contribution in [0.3, 0.4) is 0 Å². The smallest absolute Gasteiger partial charge is 0.175 e. The molecule has 0 atom stereocenters. The molecule has 3 nitrogen and oxygen atoms in total. The molecule has 2 aromatic rings. The Morgan fingerprint density at radius 1 is 1.32 bits per heavy atom. The first-order valence-electron chi connectivity index (χ1n) is 7.96. The van der Waals surface area contributed by atoms with Gasteiger partial charge < -0.3 is 9.47 Å². The molecule has 0 unspecified atom stereocenters. The van der Waals surface area contributed by atoms with E-state index in [0.717, 1.165) is 0 Å². The van der Waals surface area contributed by atoms with Crippen molar-refractivity contribution in [3.05, 3.63) is 57.8 Å². The number of hydrogen-bond acceptors (Lipinski definition) is 3. The molecule has 0 aromatic heterocycles. The van der Waals surface area contributed by atoms with Crippen molar-refractivity contribution in [2.45, 2.75) is 26.9 Å². The fourth-order valence-corrected chi connectivity index (χ4v) is 2.85. The van der Waals surface area contributed by atoms with Crippen molar-refractivity contribution >= 4 is 27.6 Å². The van der Waals surface area contributed by atoms with E-state index in [2.05, 4.69) is 22.0 Å². The average Bonchev–Trinajstić information content (AvgIpc) is 2.56. The van der Waals surface area contributed by atoms with E-state index in [1.807, 2.05) is 26.8 Å². The van der Waals surface area contributed by atoms with Gasteiger partial charge in [0.25, 0.3) is 0 Å². The molecule has 0 amide bonds. The number of benzene rings is 2. The van der Waals surface area contributed by atoms with Gasteiger partial charge in [0.2, 0.25) is 0 Å². The van der Waals surface area contributed by atoms with Crippen molar-refractivity contribution in [2.24, 2.45) is 0 Å². The summed E-state index contributed by atoms with van der Waals surface area (Å²) in [5.41, 5.74) is 1.22. The van der Waals surface area contributed by atoms with Gasteiger partial charge in [-0.15, -0.1) is 0 Å². The molecule has 5 heteroatoms. The SMILES string of the molecule is CCOc1cc(C=C(C#N)c2ccccc2F)cc(Br)c1OC(C)C. The van der Waals surface area contributed by atoms with E-state index in [9.17, 15) is 9.65 Å². The minimum Gasteiger partial charge on any atom is -0.490 e. The third-order valence-corrected chi connectivity index (χ3v) is 3.87. The monoisotopic (exact) mass is 403 g/mol. The molecule has 0 fully saturated rings. The number of nitriles is 1. The van der Waals surface area contributed by atoms with Gasteiger partial charge in [-0.3, -0.25) is 0 Å². The van der Waals surface area contributed by atoms with E-state index in [1.165, 1.54) is 6.07 Å². The Morgan fingerprint density at radius 2 is 2.04 bits per heavy atom. The highest BCUT2D eigenvalue weighted by Crippen LogP contribution is 2.38. The minimum atomic E-state index is -0.431. The van der Waals surface area contributed by atoms with Gasteiger partial charge in [-0.05, 0) is 66.5 Å². The van der Waals surface area contributed by atoms with E-state index < -0.39 is 5.82 Å². The summed E-state index contributed by atoms with van der Waals surface area (Å²) in [6.45, 7) is 6.23. The maximum Gasteiger partial charge on any atom is 0.175 e. The molecule has 25 heavy (non-hydrogen) atoms. The number of allylic oxidation sites excluding steroid dienone is 1. The summed E-state index contributed by atoms with van der Waals surface area (Å²) in [7, 11) is 0. The number of hydrogen-bond donors (Lipinski definition) is 0. The summed E-state index contributed by atoms with van der Waals surface area (Å²) in [6, 6.07) is 11.9. The van der Waals surface area contributed by atoms with Gasteiger partial charge >= 0.3 is 0 Å². The predicted octanol–water partition coefficient (Wildman–Crippen LogP) is 5.84. The summed E-state index contributed by atoms with van der Waals surface area (Å²) in [4.78, 5) is 0. The summed E-state index contributed by atoms with van der Waals surface area (Å²) in [5.74, 6) is 0.750. The lowest BCUT2D eigenvalue weighted by atomic mass is 10.0. The highest BCUT2D eigenvalue weighted by molar-refractivity contribution is 9.10. The molecule has 0 aliphatic rings. The zero-order valence-electron chi connectivity index (χ0n) is 14.3. The van der Waals surface area contributed by atoms with Crippen molar-refractivity contribution < 1.29 is 13.9 Å². The third-order valence-electron chi connectivity index (χ3n) is 3.28. The first-order valence-corrected chi connectivity index (χ1v) is 8.75. The quantitative estimate of drug-likeness (QED) is 0.449. The second-order valence-electron chi connectivity index (χ2n) is 5.58. The average molecular weight is 404 g/mol. The van der Waals surface area contributed by atoms with Crippen LogP contribution in [0.5, 0.6) is 11.5 Å². The van der Waals surface area contributed by atoms with E-state index in [-0.39, 0.29) is 17.2 Å². The molecule has 0 radical (unpaired) electrons. The second-order valence-corrected chi connectivity index (χ2v) is 6.43. The van der Waals surface area contributed by atoms with Gasteiger partial charge in [0, 0.05) is 5.56 Å². The number of halogens is 2. The minimum absolute atomic E-state index is 0.00928. The Hall–Kier alpha value is -2.32. The number of nitrogens with zero attached hydrogens (tertiary/aromatic N) is 1. The normalized spacial score (nSPS) is 11.3. The zero-order chi connectivity index (χ0) is 18.4. The van der Waals surface area contributed by atoms with Crippen LogP contribution in [0, 0.1) is 17.1 Å². The largest absolute Gasteiger partial charge is 0.490 e. The summed E-state index contributed by atoms with van der Waals surface area (Å²) >= 11 is 3.49. The Labute approximate surface area is 155 Å². The Bertz CT molecular complexity index is 825. The molecular weight excluding hydrogens is 385 g/mol. The molecule has 130 valence electrons. The van der Waals surface area contributed by atoms with Crippen molar-refractivity contribution in [3.8, 4) is 17.6 Å². The van der Waals surface area contributed by atoms with E-state index >= 15 is 0 Å². The fraction of sp³-hybridized carbons (Fsp3) is 0.250. The van der Waals surface area contributed by atoms with Crippen LogP contribution < -0.4 is 9.47 Å². The van der Waals surface area contributed by atoms with Gasteiger partial charge in [-0.25, -0.2) is 4.39 Å². The molecule has 0 saturated heterocycles. The Morgan fingerprint density at radius 3 is 2.64 bits per heavy atom. The first kappa shape index (κ1) is 19.0. The van der Waals surface area contributed by atoms with Crippen molar-refractivity contribution in [1.29, 1.82) is 5.26 Å². The first-order chi connectivity index (χ1) is 12.0. The fourth-order valence-electron chi connectivity index (χ4n) is 2.30. The molecule has 0 aliphatic heterocycles. The number of ether oxygens (including phenoxy) is 2. The molecule has 2 aromatic carbocycles. The van der Waals surface area contributed by atoms with Crippen LogP contribution in [0.1, 0.15) is 31.9 Å². The molecular formula is C20H19BrFNO2. The van der Waals surface area contributed by atoms with Gasteiger partial charge in [-0.2, -0.15) is 5.26 Å². The standard InChI is InChI=1S/C20H19BrFNO2/c1-4-24-19-11-14(10-17(21)20(19)25-13(2)3)9-15(12-23)16-7-5-6-8-18(16)22/h5-11,13H,4H2,1-3H3. The molecule has 0 spiro atoms. The lowest BCUT2D eigenvalue weighted by Crippen LogP contribution is -2.08.